The second kappa shape index (κ2) is 5.19. The summed E-state index contributed by atoms with van der Waals surface area (Å²) in [4.78, 5) is 6.94. The highest BCUT2D eigenvalue weighted by molar-refractivity contribution is 5.97. The number of hydrogen-bond acceptors (Lipinski definition) is 4. The molecule has 2 fully saturated rings. The number of aromatic nitrogens is 1. The maximum atomic E-state index is 6.29. The minimum absolute atomic E-state index is 0.360. The molecule has 4 nitrogen and oxygen atoms in total. The number of ether oxygens (including phenoxy) is 1. The van der Waals surface area contributed by atoms with Crippen molar-refractivity contribution in [2.24, 2.45) is 0 Å². The summed E-state index contributed by atoms with van der Waals surface area (Å²) in [5, 5.41) is 1.16. The molecule has 0 amide bonds. The average Bonchev–Trinajstić information content (AvgIpc) is 2.54. The SMILES string of the molecule is Nc1cnc2ccccc2c1N1CCOC2CCCCC21. The third-order valence-electron chi connectivity index (χ3n) is 4.79. The Labute approximate surface area is 124 Å². The van der Waals surface area contributed by atoms with Crippen molar-refractivity contribution in [1.82, 2.24) is 4.98 Å². The molecule has 1 saturated heterocycles. The van der Waals surface area contributed by atoms with Crippen molar-refractivity contribution in [2.45, 2.75) is 37.8 Å². The predicted molar refractivity (Wildman–Crippen MR) is 85.5 cm³/mol. The van der Waals surface area contributed by atoms with Crippen LogP contribution in [0.4, 0.5) is 11.4 Å². The van der Waals surface area contributed by atoms with Crippen molar-refractivity contribution < 1.29 is 4.74 Å². The Morgan fingerprint density at radius 1 is 1.19 bits per heavy atom. The molecule has 1 aromatic carbocycles. The molecule has 2 aliphatic rings. The highest BCUT2D eigenvalue weighted by Gasteiger charge is 2.35. The van der Waals surface area contributed by atoms with Gasteiger partial charge in [-0.2, -0.15) is 0 Å². The number of anilines is 2. The quantitative estimate of drug-likeness (QED) is 0.874. The van der Waals surface area contributed by atoms with Crippen LogP contribution in [0.15, 0.2) is 30.5 Å². The van der Waals surface area contributed by atoms with E-state index in [-0.39, 0.29) is 0 Å². The van der Waals surface area contributed by atoms with Gasteiger partial charge in [-0.05, 0) is 18.9 Å². The molecule has 4 heteroatoms. The lowest BCUT2D eigenvalue weighted by Crippen LogP contribution is -2.53. The fraction of sp³-hybridized carbons (Fsp3) is 0.471. The maximum absolute atomic E-state index is 6.29. The van der Waals surface area contributed by atoms with Crippen LogP contribution in [0.2, 0.25) is 0 Å². The predicted octanol–water partition coefficient (Wildman–Crippen LogP) is 2.96. The second-order valence-corrected chi connectivity index (χ2v) is 6.03. The van der Waals surface area contributed by atoms with Crippen molar-refractivity contribution in [2.75, 3.05) is 23.8 Å². The summed E-state index contributed by atoms with van der Waals surface area (Å²) in [6.45, 7) is 1.70. The fourth-order valence-electron chi connectivity index (χ4n) is 3.84. The summed E-state index contributed by atoms with van der Waals surface area (Å²) in [6.07, 6.45) is 7.08. The number of nitrogen functional groups attached to an aromatic ring is 1. The van der Waals surface area contributed by atoms with E-state index < -0.39 is 0 Å². The largest absolute Gasteiger partial charge is 0.396 e. The van der Waals surface area contributed by atoms with Gasteiger partial charge in [0.05, 0.1) is 41.8 Å². The number of hydrogen-bond donors (Lipinski definition) is 1. The number of morpholine rings is 1. The first-order valence-corrected chi connectivity index (χ1v) is 7.86. The maximum Gasteiger partial charge on any atom is 0.0779 e. The smallest absolute Gasteiger partial charge is 0.0779 e. The van der Waals surface area contributed by atoms with E-state index in [4.69, 9.17) is 10.5 Å². The summed E-state index contributed by atoms with van der Waals surface area (Å²) >= 11 is 0. The van der Waals surface area contributed by atoms with Crippen molar-refractivity contribution in [3.8, 4) is 0 Å². The van der Waals surface area contributed by atoms with Crippen molar-refractivity contribution in [1.29, 1.82) is 0 Å². The van der Waals surface area contributed by atoms with E-state index in [0.717, 1.165) is 35.4 Å². The first kappa shape index (κ1) is 12.9. The van der Waals surface area contributed by atoms with Crippen LogP contribution in [0, 0.1) is 0 Å². The van der Waals surface area contributed by atoms with Gasteiger partial charge in [-0.3, -0.25) is 4.98 Å². The number of benzene rings is 1. The van der Waals surface area contributed by atoms with E-state index in [2.05, 4.69) is 28.1 Å². The van der Waals surface area contributed by atoms with Crippen LogP contribution in [0.5, 0.6) is 0 Å². The summed E-state index contributed by atoms with van der Waals surface area (Å²) in [6, 6.07) is 8.72. The zero-order chi connectivity index (χ0) is 14.2. The third-order valence-corrected chi connectivity index (χ3v) is 4.79. The number of pyridine rings is 1. The summed E-state index contributed by atoms with van der Waals surface area (Å²) < 4.78 is 5.99. The molecular formula is C17H21N3O. The minimum atomic E-state index is 0.360. The third kappa shape index (κ3) is 2.14. The minimum Gasteiger partial charge on any atom is -0.396 e. The summed E-state index contributed by atoms with van der Waals surface area (Å²) in [5.41, 5.74) is 9.24. The molecule has 0 spiro atoms. The molecule has 1 aliphatic heterocycles. The zero-order valence-electron chi connectivity index (χ0n) is 12.2. The number of nitrogens with zero attached hydrogens (tertiary/aromatic N) is 2. The van der Waals surface area contributed by atoms with Crippen LogP contribution < -0.4 is 10.6 Å². The molecule has 4 rings (SSSR count). The lowest BCUT2D eigenvalue weighted by molar-refractivity contribution is -0.00851. The lowest BCUT2D eigenvalue weighted by Gasteiger charge is -2.45. The molecule has 21 heavy (non-hydrogen) atoms. The molecule has 0 radical (unpaired) electrons. The zero-order valence-corrected chi connectivity index (χ0v) is 12.2. The van der Waals surface area contributed by atoms with Crippen LogP contribution in [0.25, 0.3) is 10.9 Å². The molecule has 1 aliphatic carbocycles. The van der Waals surface area contributed by atoms with Gasteiger partial charge < -0.3 is 15.4 Å². The van der Waals surface area contributed by atoms with Gasteiger partial charge in [0, 0.05) is 11.9 Å². The van der Waals surface area contributed by atoms with E-state index in [1.165, 1.54) is 25.7 Å². The molecule has 2 unspecified atom stereocenters. The molecule has 0 bridgehead atoms. The molecule has 2 atom stereocenters. The number of fused-ring (bicyclic) bond motifs is 2. The van der Waals surface area contributed by atoms with Gasteiger partial charge >= 0.3 is 0 Å². The van der Waals surface area contributed by atoms with Gasteiger partial charge in [-0.25, -0.2) is 0 Å². The van der Waals surface area contributed by atoms with Crippen LogP contribution in [-0.4, -0.2) is 30.3 Å². The van der Waals surface area contributed by atoms with Gasteiger partial charge in [-0.1, -0.05) is 31.0 Å². The molecule has 2 aromatic rings. The van der Waals surface area contributed by atoms with Gasteiger partial charge in [0.25, 0.3) is 0 Å². The van der Waals surface area contributed by atoms with Gasteiger partial charge in [0.15, 0.2) is 0 Å². The van der Waals surface area contributed by atoms with E-state index in [9.17, 15) is 0 Å². The molecule has 2 heterocycles. The molecule has 110 valence electrons. The van der Waals surface area contributed by atoms with Gasteiger partial charge in [-0.15, -0.1) is 0 Å². The van der Waals surface area contributed by atoms with E-state index in [1.54, 1.807) is 6.20 Å². The van der Waals surface area contributed by atoms with E-state index in [0.29, 0.717) is 12.1 Å². The number of para-hydroxylation sites is 1. The number of rotatable bonds is 1. The molecule has 1 aromatic heterocycles. The first-order chi connectivity index (χ1) is 10.3. The molecular weight excluding hydrogens is 262 g/mol. The van der Waals surface area contributed by atoms with Gasteiger partial charge in [0.2, 0.25) is 0 Å². The average molecular weight is 283 g/mol. The van der Waals surface area contributed by atoms with Crippen LogP contribution in [0.1, 0.15) is 25.7 Å². The highest BCUT2D eigenvalue weighted by Crippen LogP contribution is 2.38. The Bertz CT molecular complexity index is 656. The summed E-state index contributed by atoms with van der Waals surface area (Å²) in [7, 11) is 0. The van der Waals surface area contributed by atoms with Crippen molar-refractivity contribution in [3.63, 3.8) is 0 Å². The van der Waals surface area contributed by atoms with Crippen LogP contribution in [-0.2, 0) is 4.74 Å². The van der Waals surface area contributed by atoms with Crippen molar-refractivity contribution >= 4 is 22.3 Å². The van der Waals surface area contributed by atoms with Crippen LogP contribution >= 0.6 is 0 Å². The monoisotopic (exact) mass is 283 g/mol. The number of nitrogens with two attached hydrogens (primary N) is 1. The Hall–Kier alpha value is -1.81. The Morgan fingerprint density at radius 3 is 3.00 bits per heavy atom. The Balaban J connectivity index is 1.83. The lowest BCUT2D eigenvalue weighted by atomic mass is 9.89. The molecule has 2 N–H and O–H groups in total. The standard InChI is InChI=1S/C17H21N3O/c18-13-11-19-14-6-2-1-5-12(14)17(13)20-9-10-21-16-8-4-3-7-15(16)20/h1-2,5-6,11,15-16H,3-4,7-10,18H2. The Morgan fingerprint density at radius 2 is 2.05 bits per heavy atom. The van der Waals surface area contributed by atoms with Gasteiger partial charge in [0.1, 0.15) is 0 Å². The van der Waals surface area contributed by atoms with Crippen LogP contribution in [0.3, 0.4) is 0 Å². The Kier molecular flexibility index (Phi) is 3.19. The fourth-order valence-corrected chi connectivity index (χ4v) is 3.84. The van der Waals surface area contributed by atoms with Crippen molar-refractivity contribution in [3.05, 3.63) is 30.5 Å². The summed E-state index contributed by atoms with van der Waals surface area (Å²) in [5.74, 6) is 0. The van der Waals surface area contributed by atoms with E-state index >= 15 is 0 Å². The van der Waals surface area contributed by atoms with E-state index in [1.807, 2.05) is 6.07 Å². The molecule has 1 saturated carbocycles. The normalized spacial score (nSPS) is 25.8. The first-order valence-electron chi connectivity index (χ1n) is 7.86. The topological polar surface area (TPSA) is 51.4 Å². The second-order valence-electron chi connectivity index (χ2n) is 6.03. The highest BCUT2D eigenvalue weighted by atomic mass is 16.5.